The number of benzene rings is 2. The third-order valence-electron chi connectivity index (χ3n) is 3.96. The van der Waals surface area contributed by atoms with Crippen LogP contribution in [0.25, 0.3) is 31.8 Å². The van der Waals surface area contributed by atoms with Gasteiger partial charge in [-0.3, -0.25) is 0 Å². The number of hydrogen-bond donors (Lipinski definition) is 0. The molecule has 0 N–H and O–H groups in total. The molecule has 0 fully saturated rings. The van der Waals surface area contributed by atoms with E-state index in [1.54, 1.807) is 0 Å². The minimum absolute atomic E-state index is 0.477. The first-order chi connectivity index (χ1) is 10.2. The summed E-state index contributed by atoms with van der Waals surface area (Å²) in [6, 6.07) is 17.4. The normalized spacial score (nSPS) is 11.3. The molecular formula is C18H15N2Se+. The van der Waals surface area contributed by atoms with Crippen LogP contribution in [0.15, 0.2) is 53.5 Å². The monoisotopic (exact) mass is 339 g/mol. The Morgan fingerprint density at radius 1 is 1.00 bits per heavy atom. The van der Waals surface area contributed by atoms with Crippen LogP contribution in [-0.2, 0) is 7.05 Å². The van der Waals surface area contributed by atoms with Gasteiger partial charge in [-0.1, -0.05) is 0 Å². The summed E-state index contributed by atoms with van der Waals surface area (Å²) in [6.07, 6.45) is 0. The van der Waals surface area contributed by atoms with Crippen LogP contribution in [0.5, 0.6) is 0 Å². The number of hydrogen-bond acceptors (Lipinski definition) is 1. The molecule has 0 bridgehead atoms. The van der Waals surface area contributed by atoms with Crippen molar-refractivity contribution >= 4 is 35.1 Å². The molecule has 0 amide bonds. The molecule has 0 unspecified atom stereocenters. The second-order valence-electron chi connectivity index (χ2n) is 5.30. The van der Waals surface area contributed by atoms with E-state index in [9.17, 15) is 0 Å². The summed E-state index contributed by atoms with van der Waals surface area (Å²) < 4.78 is 3.45. The molecule has 0 aliphatic carbocycles. The third-order valence-corrected chi connectivity index (χ3v) is 5.81. The quantitative estimate of drug-likeness (QED) is 0.385. The van der Waals surface area contributed by atoms with E-state index in [1.165, 1.54) is 31.9 Å². The van der Waals surface area contributed by atoms with Gasteiger partial charge < -0.3 is 0 Å². The van der Waals surface area contributed by atoms with Crippen molar-refractivity contribution in [3.05, 3.63) is 59.0 Å². The number of aryl methyl sites for hydroxylation is 2. The molecule has 0 saturated heterocycles. The van der Waals surface area contributed by atoms with Gasteiger partial charge >= 0.3 is 129 Å². The summed E-state index contributed by atoms with van der Waals surface area (Å²) in [6.45, 7) is 2.15. The Labute approximate surface area is 129 Å². The van der Waals surface area contributed by atoms with Gasteiger partial charge in [-0.05, 0) is 0 Å². The number of fused-ring (bicyclic) bond motifs is 3. The van der Waals surface area contributed by atoms with Gasteiger partial charge in [0.1, 0.15) is 0 Å². The van der Waals surface area contributed by atoms with E-state index in [1.807, 2.05) is 11.7 Å². The van der Waals surface area contributed by atoms with E-state index in [4.69, 9.17) is 5.10 Å². The molecule has 0 radical (unpaired) electrons. The Morgan fingerprint density at radius 2 is 1.86 bits per heavy atom. The zero-order chi connectivity index (χ0) is 14.4. The predicted molar refractivity (Wildman–Crippen MR) is 87.5 cm³/mol. The average Bonchev–Trinajstić information content (AvgIpc) is 2.96. The summed E-state index contributed by atoms with van der Waals surface area (Å²) in [5, 5.41) is 7.38. The van der Waals surface area contributed by atoms with Crippen LogP contribution in [0.2, 0.25) is 0 Å². The van der Waals surface area contributed by atoms with E-state index in [2.05, 4.69) is 60.4 Å². The first kappa shape index (κ1) is 12.8. The molecule has 2 aromatic heterocycles. The van der Waals surface area contributed by atoms with E-state index in [-0.39, 0.29) is 0 Å². The Bertz CT molecular complexity index is 969. The molecule has 2 nitrogen and oxygen atoms in total. The van der Waals surface area contributed by atoms with Gasteiger partial charge in [-0.2, -0.15) is 0 Å². The first-order valence-corrected chi connectivity index (χ1v) is 8.82. The fourth-order valence-electron chi connectivity index (χ4n) is 2.85. The number of aromatic nitrogens is 2. The molecule has 3 heteroatoms. The van der Waals surface area contributed by atoms with Crippen LogP contribution in [-0.4, -0.2) is 19.6 Å². The second kappa shape index (κ2) is 4.80. The van der Waals surface area contributed by atoms with Crippen LogP contribution in [0, 0.1) is 6.92 Å². The fraction of sp³-hybridized carbons (Fsp3) is 0.111. The Hall–Kier alpha value is -1.96. The van der Waals surface area contributed by atoms with Crippen molar-refractivity contribution in [2.75, 3.05) is 0 Å². The van der Waals surface area contributed by atoms with Gasteiger partial charge in [0.2, 0.25) is 0 Å². The fourth-order valence-corrected chi connectivity index (χ4v) is 4.54. The molecular weight excluding hydrogens is 323 g/mol. The summed E-state index contributed by atoms with van der Waals surface area (Å²) in [5.41, 5.74) is 4.76. The molecule has 0 saturated carbocycles. The summed E-state index contributed by atoms with van der Waals surface area (Å²) in [4.78, 5) is 2.29. The van der Waals surface area contributed by atoms with E-state index < -0.39 is 0 Å². The molecule has 2 heterocycles. The van der Waals surface area contributed by atoms with E-state index in [0.29, 0.717) is 14.5 Å². The van der Waals surface area contributed by atoms with Crippen LogP contribution in [0.1, 0.15) is 5.56 Å². The molecule has 0 aliphatic rings. The van der Waals surface area contributed by atoms with Crippen LogP contribution < -0.4 is 4.68 Å². The molecule has 0 atom stereocenters. The molecule has 4 rings (SSSR count). The summed E-state index contributed by atoms with van der Waals surface area (Å²) >= 11 is 0.477. The Morgan fingerprint density at radius 3 is 2.71 bits per heavy atom. The van der Waals surface area contributed by atoms with Crippen molar-refractivity contribution in [1.29, 1.82) is 0 Å². The average molecular weight is 338 g/mol. The van der Waals surface area contributed by atoms with Crippen LogP contribution >= 0.6 is 0 Å². The number of nitrogens with zero attached hydrogens (tertiary/aromatic N) is 2. The van der Waals surface area contributed by atoms with Gasteiger partial charge in [0.15, 0.2) is 0 Å². The van der Waals surface area contributed by atoms with Crippen molar-refractivity contribution in [3.8, 4) is 11.3 Å². The summed E-state index contributed by atoms with van der Waals surface area (Å²) in [7, 11) is 2.02. The van der Waals surface area contributed by atoms with Crippen molar-refractivity contribution in [3.63, 3.8) is 0 Å². The maximum atomic E-state index is 4.76. The SMILES string of the molecule is Cc1ccccc1-c1cc2c(ccc3[se]ccc32)n[n+]1C. The molecule has 0 aliphatic heterocycles. The molecule has 0 spiro atoms. The Kier molecular flexibility index (Phi) is 2.91. The second-order valence-corrected chi connectivity index (χ2v) is 7.29. The van der Waals surface area contributed by atoms with E-state index in [0.717, 1.165) is 5.52 Å². The molecule has 2 aromatic carbocycles. The first-order valence-electron chi connectivity index (χ1n) is 6.97. The minimum atomic E-state index is 0.477. The Balaban J connectivity index is 2.10. The summed E-state index contributed by atoms with van der Waals surface area (Å²) in [5.74, 6) is 0. The van der Waals surface area contributed by atoms with Crippen molar-refractivity contribution in [2.45, 2.75) is 6.92 Å². The third kappa shape index (κ3) is 2.01. The zero-order valence-electron chi connectivity index (χ0n) is 12.0. The van der Waals surface area contributed by atoms with Gasteiger partial charge in [0.05, 0.1) is 0 Å². The molecule has 21 heavy (non-hydrogen) atoms. The number of rotatable bonds is 1. The van der Waals surface area contributed by atoms with Crippen molar-refractivity contribution < 1.29 is 4.68 Å². The maximum absolute atomic E-state index is 4.76. The van der Waals surface area contributed by atoms with Crippen molar-refractivity contribution in [2.24, 2.45) is 7.05 Å². The van der Waals surface area contributed by atoms with Gasteiger partial charge in [-0.25, -0.2) is 0 Å². The van der Waals surface area contributed by atoms with Crippen molar-refractivity contribution in [1.82, 2.24) is 5.10 Å². The van der Waals surface area contributed by atoms with Gasteiger partial charge in [0.25, 0.3) is 0 Å². The van der Waals surface area contributed by atoms with Gasteiger partial charge in [0, 0.05) is 0 Å². The zero-order valence-corrected chi connectivity index (χ0v) is 13.7. The van der Waals surface area contributed by atoms with E-state index >= 15 is 0 Å². The topological polar surface area (TPSA) is 16.8 Å². The van der Waals surface area contributed by atoms with Gasteiger partial charge in [-0.15, -0.1) is 0 Å². The standard InChI is InChI=1S/C18H15N2Se/c1-12-5-3-4-6-13(12)17-11-15-14-9-10-21-18(14)8-7-16(15)19-20(17)2/h3-11H,1-2H3/q+1. The van der Waals surface area contributed by atoms with Crippen LogP contribution in [0.4, 0.5) is 0 Å². The predicted octanol–water partition coefficient (Wildman–Crippen LogP) is 3.24. The van der Waals surface area contributed by atoms with Crippen LogP contribution in [0.3, 0.4) is 0 Å². The molecule has 4 aromatic rings. The molecule has 102 valence electrons.